The van der Waals surface area contributed by atoms with E-state index in [-0.39, 0.29) is 49.1 Å². The van der Waals surface area contributed by atoms with Gasteiger partial charge in [-0.2, -0.15) is 5.01 Å². The number of amides is 4. The second-order valence-corrected chi connectivity index (χ2v) is 15.9. The van der Waals surface area contributed by atoms with Crippen LogP contribution in [-0.4, -0.2) is 63.4 Å². The lowest BCUT2D eigenvalue weighted by Gasteiger charge is -2.51. The van der Waals surface area contributed by atoms with Gasteiger partial charge in [-0.25, -0.2) is 0 Å². The molecule has 0 radical (unpaired) electrons. The van der Waals surface area contributed by atoms with Crippen LogP contribution in [0, 0.1) is 30.6 Å². The number of aromatic hydroxyl groups is 1. The third kappa shape index (κ3) is 5.96. The maximum atomic E-state index is 15.4. The van der Waals surface area contributed by atoms with Crippen LogP contribution in [0.15, 0.2) is 81.3 Å². The van der Waals surface area contributed by atoms with Crippen molar-refractivity contribution in [1.82, 2.24) is 9.91 Å². The molecule has 13 heteroatoms. The Morgan fingerprint density at radius 2 is 1.66 bits per heavy atom. The fraction of sp³-hybridized carbons (Fsp3) is 0.375. The molecule has 6 unspecified atom stereocenters. The number of phenolic OH excluding ortho intramolecular Hbond substituents is 1. The minimum Gasteiger partial charge on any atom is -0.503 e. The SMILES string of the molecule is COc1cc(C2C3=CCC4C(=O)N(CCCCCC(=O)O)C(=O)C4C3CC3C(=O)N(Nc4ccc(C)cc4)C(=O)C32c2ccccc2)c(Br)c(Br)c1O. The van der Waals surface area contributed by atoms with Gasteiger partial charge in [-0.15, -0.1) is 0 Å². The number of fused-ring (bicyclic) bond motifs is 4. The highest BCUT2D eigenvalue weighted by Crippen LogP contribution is 2.65. The van der Waals surface area contributed by atoms with Gasteiger partial charge >= 0.3 is 5.97 Å². The molecule has 3 fully saturated rings. The van der Waals surface area contributed by atoms with Crippen molar-refractivity contribution in [1.29, 1.82) is 0 Å². The number of methoxy groups -OCH3 is 1. The van der Waals surface area contributed by atoms with Gasteiger partial charge in [0.05, 0.1) is 40.4 Å². The first-order chi connectivity index (χ1) is 25.4. The number of hydrogen-bond acceptors (Lipinski definition) is 8. The smallest absolute Gasteiger partial charge is 0.303 e. The highest BCUT2D eigenvalue weighted by molar-refractivity contribution is 9.13. The molecule has 3 N–H and O–H groups in total. The fourth-order valence-corrected chi connectivity index (χ4v) is 10.0. The summed E-state index contributed by atoms with van der Waals surface area (Å²) in [5.74, 6) is -6.08. The molecule has 1 saturated carbocycles. The van der Waals surface area contributed by atoms with Gasteiger partial charge in [-0.1, -0.05) is 66.1 Å². The number of carbonyl (C=O) groups excluding carboxylic acids is 4. The van der Waals surface area contributed by atoms with Crippen molar-refractivity contribution in [2.45, 2.75) is 56.8 Å². The number of nitrogens with one attached hydrogen (secondary N) is 1. The predicted molar refractivity (Wildman–Crippen MR) is 202 cm³/mol. The van der Waals surface area contributed by atoms with Crippen molar-refractivity contribution in [2.75, 3.05) is 19.1 Å². The largest absolute Gasteiger partial charge is 0.503 e. The summed E-state index contributed by atoms with van der Waals surface area (Å²) in [6, 6.07) is 18.3. The van der Waals surface area contributed by atoms with Crippen LogP contribution in [0.3, 0.4) is 0 Å². The number of ether oxygens (including phenoxy) is 1. The Bertz CT molecular complexity index is 2040. The molecular formula is C40H39Br2N3O8. The quantitative estimate of drug-likeness (QED) is 0.107. The number of likely N-dealkylation sites (tertiary alicyclic amines) is 1. The zero-order valence-electron chi connectivity index (χ0n) is 29.2. The van der Waals surface area contributed by atoms with Crippen molar-refractivity contribution < 1.29 is 38.9 Å². The summed E-state index contributed by atoms with van der Waals surface area (Å²) < 4.78 is 6.37. The molecule has 2 saturated heterocycles. The molecule has 2 heterocycles. The van der Waals surface area contributed by atoms with E-state index in [9.17, 15) is 24.3 Å². The molecule has 0 aromatic heterocycles. The molecule has 7 rings (SSSR count). The summed E-state index contributed by atoms with van der Waals surface area (Å²) in [6.45, 7) is 2.13. The normalized spacial score (nSPS) is 26.3. The van der Waals surface area contributed by atoms with Crippen LogP contribution in [0.4, 0.5) is 5.69 Å². The number of carbonyl (C=O) groups is 5. The number of benzene rings is 3. The molecule has 2 aliphatic heterocycles. The maximum absolute atomic E-state index is 15.4. The first-order valence-electron chi connectivity index (χ1n) is 17.7. The van der Waals surface area contributed by atoms with E-state index in [2.05, 4.69) is 37.3 Å². The van der Waals surface area contributed by atoms with Crippen molar-refractivity contribution >= 4 is 67.1 Å². The molecule has 53 heavy (non-hydrogen) atoms. The number of carboxylic acid groups (broad SMARTS) is 1. The fourth-order valence-electron chi connectivity index (χ4n) is 9.08. The van der Waals surface area contributed by atoms with Gasteiger partial charge in [-0.3, -0.25) is 34.3 Å². The number of imide groups is 2. The number of rotatable bonds is 11. The van der Waals surface area contributed by atoms with Gasteiger partial charge < -0.3 is 14.9 Å². The molecule has 4 aliphatic rings. The zero-order valence-corrected chi connectivity index (χ0v) is 32.4. The van der Waals surface area contributed by atoms with E-state index in [4.69, 9.17) is 9.84 Å². The van der Waals surface area contributed by atoms with E-state index in [1.807, 2.05) is 55.5 Å². The number of aliphatic carboxylic acids is 1. The van der Waals surface area contributed by atoms with Gasteiger partial charge in [0.1, 0.15) is 0 Å². The standard InChI is InChI=1S/C40H39Br2N3O8/c1-21-12-14-23(15-13-21)43-45-37(50)28-19-26-24(16-17-25-31(26)38(51)44(36(25)49)18-8-4-7-11-30(46)47)32(27-20-29(53-2)35(48)34(42)33(27)41)40(28,39(45)52)22-9-5-3-6-10-22/h3,5-6,9-10,12-16,20,25-26,28,31-32,43,48H,4,7-8,11,17-19H2,1-2H3,(H,46,47). The van der Waals surface area contributed by atoms with E-state index in [0.717, 1.165) is 16.1 Å². The van der Waals surface area contributed by atoms with Crippen molar-refractivity contribution in [3.05, 3.63) is 97.9 Å². The molecule has 3 aromatic carbocycles. The number of aryl methyl sites for hydroxylation is 1. The summed E-state index contributed by atoms with van der Waals surface area (Å²) in [6.07, 6.45) is 3.90. The third-order valence-electron chi connectivity index (χ3n) is 11.5. The molecule has 2 aliphatic carbocycles. The van der Waals surface area contributed by atoms with Gasteiger partial charge in [0.15, 0.2) is 11.5 Å². The van der Waals surface area contributed by atoms with Crippen LogP contribution in [0.5, 0.6) is 11.5 Å². The topological polar surface area (TPSA) is 154 Å². The summed E-state index contributed by atoms with van der Waals surface area (Å²) >= 11 is 7.22. The van der Waals surface area contributed by atoms with E-state index < -0.39 is 52.8 Å². The zero-order chi connectivity index (χ0) is 37.8. The Labute approximate surface area is 323 Å². The maximum Gasteiger partial charge on any atom is 0.303 e. The van der Waals surface area contributed by atoms with Gasteiger partial charge in [-0.05, 0) is 99.7 Å². The van der Waals surface area contributed by atoms with E-state index >= 15 is 4.79 Å². The molecule has 6 atom stereocenters. The molecular weight excluding hydrogens is 810 g/mol. The second-order valence-electron chi connectivity index (χ2n) is 14.3. The van der Waals surface area contributed by atoms with Crippen LogP contribution in [0.1, 0.15) is 61.1 Å². The number of hydrazine groups is 1. The first-order valence-corrected chi connectivity index (χ1v) is 19.3. The van der Waals surface area contributed by atoms with Crippen LogP contribution >= 0.6 is 31.9 Å². The lowest BCUT2D eigenvalue weighted by molar-refractivity contribution is -0.141. The van der Waals surface area contributed by atoms with Gasteiger partial charge in [0.25, 0.3) is 11.8 Å². The number of phenols is 1. The number of halogens is 2. The number of hydrogen-bond donors (Lipinski definition) is 3. The second kappa shape index (κ2) is 14.4. The van der Waals surface area contributed by atoms with Crippen molar-refractivity contribution in [3.63, 3.8) is 0 Å². The average molecular weight is 850 g/mol. The van der Waals surface area contributed by atoms with Crippen molar-refractivity contribution in [3.8, 4) is 11.5 Å². The van der Waals surface area contributed by atoms with Crippen LogP contribution in [0.2, 0.25) is 0 Å². The van der Waals surface area contributed by atoms with Crippen LogP contribution < -0.4 is 10.2 Å². The van der Waals surface area contributed by atoms with E-state index in [1.165, 1.54) is 12.0 Å². The molecule has 276 valence electrons. The van der Waals surface area contributed by atoms with E-state index in [1.54, 1.807) is 18.2 Å². The van der Waals surface area contributed by atoms with Gasteiger partial charge in [0.2, 0.25) is 11.8 Å². The molecule has 4 amide bonds. The molecule has 0 spiro atoms. The Hall–Kier alpha value is -4.49. The average Bonchev–Trinajstić information content (AvgIpc) is 3.52. The number of carboxylic acids is 1. The number of unbranched alkanes of at least 4 members (excludes halogenated alkanes) is 2. The highest BCUT2D eigenvalue weighted by Gasteiger charge is 2.70. The summed E-state index contributed by atoms with van der Waals surface area (Å²) in [5.41, 5.74) is 5.13. The first kappa shape index (κ1) is 36.9. The minimum atomic E-state index is -1.50. The monoisotopic (exact) mass is 847 g/mol. The number of anilines is 1. The molecule has 0 bridgehead atoms. The molecule has 3 aromatic rings. The Morgan fingerprint density at radius 3 is 2.34 bits per heavy atom. The highest BCUT2D eigenvalue weighted by atomic mass is 79.9. The number of allylic oxidation sites excluding steroid dienone is 2. The number of nitrogens with zero attached hydrogens (tertiary/aromatic N) is 2. The Kier molecular flexibility index (Phi) is 10.0. The van der Waals surface area contributed by atoms with Crippen LogP contribution in [0.25, 0.3) is 0 Å². The predicted octanol–water partition coefficient (Wildman–Crippen LogP) is 6.86. The van der Waals surface area contributed by atoms with Crippen molar-refractivity contribution in [2.24, 2.45) is 23.7 Å². The summed E-state index contributed by atoms with van der Waals surface area (Å²) in [7, 11) is 1.43. The summed E-state index contributed by atoms with van der Waals surface area (Å²) in [5, 5.41) is 21.1. The Balaban J connectivity index is 1.39. The Morgan fingerprint density at radius 1 is 0.943 bits per heavy atom. The minimum absolute atomic E-state index is 0.0185. The summed E-state index contributed by atoms with van der Waals surface area (Å²) in [4.78, 5) is 70.8. The van der Waals surface area contributed by atoms with Gasteiger partial charge in [0, 0.05) is 23.4 Å². The lowest BCUT2D eigenvalue weighted by Crippen LogP contribution is -2.53. The van der Waals surface area contributed by atoms with Crippen LogP contribution in [-0.2, 0) is 29.4 Å². The van der Waals surface area contributed by atoms with E-state index in [0.29, 0.717) is 45.0 Å². The third-order valence-corrected chi connectivity index (χ3v) is 13.6. The lowest BCUT2D eigenvalue weighted by atomic mass is 9.49. The molecule has 11 nitrogen and oxygen atoms in total.